The minimum atomic E-state index is -4.79. The number of benzene rings is 4. The molecule has 14 heteroatoms. The van der Waals surface area contributed by atoms with E-state index in [1.807, 2.05) is 6.92 Å². The smallest absolute Gasteiger partial charge is 0.429 e. The molecule has 1 fully saturated rings. The molecule has 0 N–H and O–H groups in total. The van der Waals surface area contributed by atoms with E-state index in [2.05, 4.69) is 4.74 Å². The molecule has 1 aliphatic rings. The van der Waals surface area contributed by atoms with Crippen molar-refractivity contribution in [2.45, 2.75) is 38.3 Å². The van der Waals surface area contributed by atoms with Crippen LogP contribution in [0.3, 0.4) is 0 Å². The van der Waals surface area contributed by atoms with Crippen LogP contribution in [0.4, 0.5) is 43.9 Å². The number of alkyl halides is 2. The van der Waals surface area contributed by atoms with Crippen LogP contribution in [-0.2, 0) is 20.3 Å². The molecule has 1 aliphatic heterocycles. The molecule has 0 radical (unpaired) electrons. The molecule has 0 amide bonds. The van der Waals surface area contributed by atoms with Crippen molar-refractivity contribution in [3.8, 4) is 28.0 Å². The number of rotatable bonds is 10. The number of halogens is 10. The van der Waals surface area contributed by atoms with Gasteiger partial charge in [-0.1, -0.05) is 13.3 Å². The van der Waals surface area contributed by atoms with Gasteiger partial charge in [0.05, 0.1) is 18.8 Å². The summed E-state index contributed by atoms with van der Waals surface area (Å²) in [6.45, 7) is 2.64. The topological polar surface area (TPSA) is 36.9 Å². The standard InChI is InChI=1S/C33H24F10O4/c1-2-3-6-44-20-14-45-32(46-15-20)18-11-23(35)29(24(36)12-18)17-9-25(37)30(26(38)10-17)33(42,43)47-19-4-5-21(22(34)13-19)16-7-27(39)31(41)28(40)8-16/h4-5,7-13,20,32H,2-3,6,14-15H2,1H3. The Kier molecular flexibility index (Phi) is 10.1. The second-order valence-electron chi connectivity index (χ2n) is 10.5. The molecule has 0 unspecified atom stereocenters. The van der Waals surface area contributed by atoms with Crippen LogP contribution in [0.5, 0.6) is 5.75 Å². The van der Waals surface area contributed by atoms with Crippen molar-refractivity contribution in [2.75, 3.05) is 19.8 Å². The lowest BCUT2D eigenvalue weighted by Gasteiger charge is -2.29. The number of unbranched alkanes of at least 4 members (excludes halogenated alkanes) is 1. The van der Waals surface area contributed by atoms with Crippen molar-refractivity contribution in [1.29, 1.82) is 0 Å². The molecule has 4 aromatic rings. The summed E-state index contributed by atoms with van der Waals surface area (Å²) in [5.41, 5.74) is -4.73. The molecule has 47 heavy (non-hydrogen) atoms. The molecule has 0 bridgehead atoms. The normalized spacial score (nSPS) is 16.8. The van der Waals surface area contributed by atoms with Crippen molar-refractivity contribution in [2.24, 2.45) is 0 Å². The first-order valence-electron chi connectivity index (χ1n) is 14.1. The fraction of sp³-hybridized carbons (Fsp3) is 0.273. The molecule has 4 nitrogen and oxygen atoms in total. The van der Waals surface area contributed by atoms with Crippen LogP contribution >= 0.6 is 0 Å². The van der Waals surface area contributed by atoms with Crippen LogP contribution in [0.15, 0.2) is 54.6 Å². The zero-order chi connectivity index (χ0) is 34.0. The first-order chi connectivity index (χ1) is 22.3. The van der Waals surface area contributed by atoms with Gasteiger partial charge in [0.1, 0.15) is 46.5 Å². The summed E-state index contributed by atoms with van der Waals surface area (Å²) in [7, 11) is 0. The molecule has 250 valence electrons. The molecule has 0 spiro atoms. The molecule has 0 aromatic heterocycles. The van der Waals surface area contributed by atoms with Crippen molar-refractivity contribution in [1.82, 2.24) is 0 Å². The number of hydrogen-bond donors (Lipinski definition) is 0. The predicted molar refractivity (Wildman–Crippen MR) is 147 cm³/mol. The molecule has 0 atom stereocenters. The van der Waals surface area contributed by atoms with E-state index in [1.54, 1.807) is 0 Å². The molecule has 4 aromatic carbocycles. The zero-order valence-electron chi connectivity index (χ0n) is 24.3. The highest BCUT2D eigenvalue weighted by molar-refractivity contribution is 5.67. The SMILES string of the molecule is CCCCOC1COC(c2cc(F)c(-c3cc(F)c(C(F)(F)Oc4ccc(-c5cc(F)c(F)c(F)c5)c(F)c4)c(F)c3)c(F)c2)OC1. The average Bonchev–Trinajstić information content (AvgIpc) is 2.99. The molecular weight excluding hydrogens is 650 g/mol. The highest BCUT2D eigenvalue weighted by atomic mass is 19.3. The molecule has 1 heterocycles. The van der Waals surface area contributed by atoms with Gasteiger partial charge in [-0.15, -0.1) is 0 Å². The van der Waals surface area contributed by atoms with E-state index in [0.717, 1.165) is 31.0 Å². The Hall–Kier alpha value is -4.14. The van der Waals surface area contributed by atoms with E-state index < -0.39 is 92.5 Å². The Balaban J connectivity index is 1.34. The van der Waals surface area contributed by atoms with E-state index in [4.69, 9.17) is 14.2 Å². The minimum Gasteiger partial charge on any atom is -0.429 e. The van der Waals surface area contributed by atoms with E-state index >= 15 is 8.78 Å². The van der Waals surface area contributed by atoms with Gasteiger partial charge in [-0.3, -0.25) is 0 Å². The number of hydrogen-bond acceptors (Lipinski definition) is 4. The van der Waals surface area contributed by atoms with Gasteiger partial charge in [0, 0.05) is 23.8 Å². The fourth-order valence-electron chi connectivity index (χ4n) is 4.87. The van der Waals surface area contributed by atoms with Gasteiger partial charge in [0.15, 0.2) is 23.7 Å². The number of ether oxygens (including phenoxy) is 4. The Morgan fingerprint density at radius 2 is 1.28 bits per heavy atom. The summed E-state index contributed by atoms with van der Waals surface area (Å²) < 4.78 is 166. The third-order valence-corrected chi connectivity index (χ3v) is 7.16. The van der Waals surface area contributed by atoms with Crippen molar-refractivity contribution >= 4 is 0 Å². The maximum atomic E-state index is 15.1. The van der Waals surface area contributed by atoms with Crippen LogP contribution in [-0.4, -0.2) is 25.9 Å². The average molecular weight is 675 g/mol. The minimum absolute atomic E-state index is 0.0819. The van der Waals surface area contributed by atoms with E-state index in [1.165, 1.54) is 0 Å². The van der Waals surface area contributed by atoms with Crippen LogP contribution in [0, 0.1) is 46.5 Å². The first kappa shape index (κ1) is 34.2. The molecule has 0 aliphatic carbocycles. The van der Waals surface area contributed by atoms with Gasteiger partial charge in [0.25, 0.3) is 0 Å². The summed E-state index contributed by atoms with van der Waals surface area (Å²) in [5.74, 6) is -13.9. The quantitative estimate of drug-likeness (QED) is 0.0955. The lowest BCUT2D eigenvalue weighted by Crippen LogP contribution is -2.33. The maximum Gasteiger partial charge on any atom is 0.432 e. The third kappa shape index (κ3) is 7.39. The van der Waals surface area contributed by atoms with Crippen molar-refractivity contribution in [3.05, 3.63) is 112 Å². The summed E-state index contributed by atoms with van der Waals surface area (Å²) in [5, 5.41) is 0. The van der Waals surface area contributed by atoms with Gasteiger partial charge >= 0.3 is 6.11 Å². The second kappa shape index (κ2) is 13.9. The molecule has 0 saturated carbocycles. The second-order valence-corrected chi connectivity index (χ2v) is 10.5. The van der Waals surface area contributed by atoms with Gasteiger partial charge in [-0.25, -0.2) is 35.1 Å². The van der Waals surface area contributed by atoms with Crippen LogP contribution in [0.25, 0.3) is 22.3 Å². The van der Waals surface area contributed by atoms with Gasteiger partial charge in [-0.2, -0.15) is 8.78 Å². The zero-order valence-corrected chi connectivity index (χ0v) is 24.3. The Morgan fingerprint density at radius 1 is 0.702 bits per heavy atom. The van der Waals surface area contributed by atoms with Crippen LogP contribution < -0.4 is 4.74 Å². The molecule has 5 rings (SSSR count). The maximum absolute atomic E-state index is 15.1. The highest BCUT2D eigenvalue weighted by Crippen LogP contribution is 2.40. The van der Waals surface area contributed by atoms with Gasteiger partial charge in [0.2, 0.25) is 0 Å². The largest absolute Gasteiger partial charge is 0.432 e. The van der Waals surface area contributed by atoms with Gasteiger partial charge in [-0.05, 0) is 66.1 Å². The first-order valence-corrected chi connectivity index (χ1v) is 14.1. The summed E-state index contributed by atoms with van der Waals surface area (Å²) in [6, 6.07) is 4.92. The van der Waals surface area contributed by atoms with Crippen LogP contribution in [0.1, 0.15) is 37.2 Å². The van der Waals surface area contributed by atoms with E-state index in [9.17, 15) is 35.1 Å². The lowest BCUT2D eigenvalue weighted by molar-refractivity contribution is -0.230. The Morgan fingerprint density at radius 3 is 1.83 bits per heavy atom. The summed E-state index contributed by atoms with van der Waals surface area (Å²) >= 11 is 0. The van der Waals surface area contributed by atoms with Crippen LogP contribution in [0.2, 0.25) is 0 Å². The predicted octanol–water partition coefficient (Wildman–Crippen LogP) is 9.49. The Bertz CT molecular complexity index is 1700. The highest BCUT2D eigenvalue weighted by Gasteiger charge is 2.41. The molecule has 1 saturated heterocycles. The summed E-state index contributed by atoms with van der Waals surface area (Å²) in [6.07, 6.45) is -4.59. The van der Waals surface area contributed by atoms with Crippen molar-refractivity contribution < 1.29 is 62.9 Å². The lowest BCUT2D eigenvalue weighted by atomic mass is 9.99. The van der Waals surface area contributed by atoms with E-state index in [0.29, 0.717) is 30.9 Å². The van der Waals surface area contributed by atoms with Gasteiger partial charge < -0.3 is 18.9 Å². The van der Waals surface area contributed by atoms with Crippen molar-refractivity contribution in [3.63, 3.8) is 0 Å². The summed E-state index contributed by atoms with van der Waals surface area (Å²) in [4.78, 5) is 0. The monoisotopic (exact) mass is 674 g/mol. The fourth-order valence-corrected chi connectivity index (χ4v) is 4.87. The van der Waals surface area contributed by atoms with E-state index in [-0.39, 0.29) is 37.0 Å². The molecular formula is C33H24F10O4. The third-order valence-electron chi connectivity index (χ3n) is 7.16. The Labute approximate surface area is 261 Å².